The van der Waals surface area contributed by atoms with Gasteiger partial charge in [-0.1, -0.05) is 0 Å². The molecule has 0 fully saturated rings. The zero-order chi connectivity index (χ0) is 16.2. The van der Waals surface area contributed by atoms with E-state index < -0.39 is 0 Å². The molecule has 2 aromatic heterocycles. The normalized spacial score (nSPS) is 10.4. The van der Waals surface area contributed by atoms with E-state index in [1.807, 2.05) is 0 Å². The van der Waals surface area contributed by atoms with E-state index in [0.717, 1.165) is 5.56 Å². The monoisotopic (exact) mass is 313 g/mol. The first-order chi connectivity index (χ1) is 11.3. The van der Waals surface area contributed by atoms with Crippen molar-refractivity contribution in [3.8, 4) is 39.9 Å². The minimum absolute atomic E-state index is 0.517. The second kappa shape index (κ2) is 6.30. The molecule has 0 saturated carbocycles. The molecule has 0 aliphatic heterocycles. The topological polar surface area (TPSA) is 95.0 Å². The molecule has 2 heterocycles. The molecule has 8 nitrogen and oxygen atoms in total. The van der Waals surface area contributed by atoms with Gasteiger partial charge in [0.25, 0.3) is 0 Å². The number of rotatable bonds is 5. The molecule has 0 atom stereocenters. The number of nitrogens with zero attached hydrogens (tertiary/aromatic N) is 4. The number of benzene rings is 1. The highest BCUT2D eigenvalue weighted by atomic mass is 16.5. The van der Waals surface area contributed by atoms with Crippen LogP contribution in [0.3, 0.4) is 0 Å². The Labute approximate surface area is 132 Å². The number of ether oxygens (including phenoxy) is 3. The van der Waals surface area contributed by atoms with E-state index in [2.05, 4.69) is 25.4 Å². The van der Waals surface area contributed by atoms with Crippen molar-refractivity contribution in [1.29, 1.82) is 0 Å². The molecule has 8 heteroatoms. The van der Waals surface area contributed by atoms with E-state index in [9.17, 15) is 0 Å². The van der Waals surface area contributed by atoms with Gasteiger partial charge in [0.05, 0.1) is 27.5 Å². The molecule has 0 bridgehead atoms. The maximum Gasteiger partial charge on any atom is 0.203 e. The quantitative estimate of drug-likeness (QED) is 0.769. The summed E-state index contributed by atoms with van der Waals surface area (Å²) < 4.78 is 16.1. The van der Waals surface area contributed by atoms with Gasteiger partial charge in [0.2, 0.25) is 5.75 Å². The van der Waals surface area contributed by atoms with Gasteiger partial charge in [-0.25, -0.2) is 0 Å². The molecule has 0 aliphatic carbocycles. The van der Waals surface area contributed by atoms with Gasteiger partial charge in [-0.05, 0) is 12.1 Å². The first-order valence-corrected chi connectivity index (χ1v) is 6.76. The maximum atomic E-state index is 5.37. The predicted molar refractivity (Wildman–Crippen MR) is 82.5 cm³/mol. The fourth-order valence-electron chi connectivity index (χ4n) is 2.25. The van der Waals surface area contributed by atoms with Crippen molar-refractivity contribution in [2.75, 3.05) is 21.3 Å². The fraction of sp³-hybridized carbons (Fsp3) is 0.200. The predicted octanol–water partition coefficient (Wildman–Crippen LogP) is 1.95. The Kier molecular flexibility index (Phi) is 4.05. The molecule has 0 spiro atoms. The molecule has 0 amide bonds. The fourth-order valence-corrected chi connectivity index (χ4v) is 2.25. The summed E-state index contributed by atoms with van der Waals surface area (Å²) in [6, 6.07) is 3.61. The molecule has 1 N–H and O–H groups in total. The van der Waals surface area contributed by atoms with Crippen molar-refractivity contribution < 1.29 is 14.2 Å². The smallest absolute Gasteiger partial charge is 0.203 e. The van der Waals surface area contributed by atoms with Crippen molar-refractivity contribution in [2.24, 2.45) is 0 Å². The summed E-state index contributed by atoms with van der Waals surface area (Å²) in [5.74, 6) is 1.59. The average molecular weight is 313 g/mol. The van der Waals surface area contributed by atoms with Crippen molar-refractivity contribution in [3.05, 3.63) is 30.7 Å². The first-order valence-electron chi connectivity index (χ1n) is 6.76. The largest absolute Gasteiger partial charge is 0.493 e. The minimum atomic E-state index is 0.517. The Morgan fingerprint density at radius 3 is 2.13 bits per heavy atom. The molecular formula is C15H15N5O3. The number of aromatic amines is 1. The van der Waals surface area contributed by atoms with Gasteiger partial charge in [0, 0.05) is 18.0 Å². The summed E-state index contributed by atoms with van der Waals surface area (Å²) in [4.78, 5) is 8.31. The number of aromatic nitrogens is 5. The van der Waals surface area contributed by atoms with Crippen molar-refractivity contribution in [1.82, 2.24) is 25.4 Å². The summed E-state index contributed by atoms with van der Waals surface area (Å²) in [5.41, 5.74) is 2.58. The number of nitrogens with one attached hydrogen (secondary N) is 1. The van der Waals surface area contributed by atoms with Crippen molar-refractivity contribution in [2.45, 2.75) is 0 Å². The van der Waals surface area contributed by atoms with Crippen LogP contribution in [0, 0.1) is 0 Å². The number of methoxy groups -OCH3 is 3. The summed E-state index contributed by atoms with van der Waals surface area (Å²) in [5, 5.41) is 11.0. The Morgan fingerprint density at radius 2 is 1.57 bits per heavy atom. The van der Waals surface area contributed by atoms with Gasteiger partial charge in [0.1, 0.15) is 17.1 Å². The van der Waals surface area contributed by atoms with E-state index in [-0.39, 0.29) is 0 Å². The number of H-pyrrole nitrogens is 1. The Balaban J connectivity index is 2.15. The first kappa shape index (κ1) is 14.8. The lowest BCUT2D eigenvalue weighted by Crippen LogP contribution is -1.96. The lowest BCUT2D eigenvalue weighted by Gasteiger charge is -2.13. The highest BCUT2D eigenvalue weighted by Crippen LogP contribution is 2.41. The van der Waals surface area contributed by atoms with Gasteiger partial charge in [-0.3, -0.25) is 9.97 Å². The highest BCUT2D eigenvalue weighted by Gasteiger charge is 2.19. The minimum Gasteiger partial charge on any atom is -0.493 e. The van der Waals surface area contributed by atoms with Crippen LogP contribution in [-0.4, -0.2) is 46.7 Å². The van der Waals surface area contributed by atoms with Crippen LogP contribution in [-0.2, 0) is 0 Å². The SMILES string of the molecule is COc1cc(-c2n[nH]nc2-c2cnccn2)cc(OC)c1OC. The van der Waals surface area contributed by atoms with Gasteiger partial charge in [-0.2, -0.15) is 15.4 Å². The Bertz CT molecular complexity index is 779. The summed E-state index contributed by atoms with van der Waals surface area (Å²) >= 11 is 0. The molecule has 118 valence electrons. The molecule has 0 saturated heterocycles. The van der Waals surface area contributed by atoms with E-state index in [1.54, 1.807) is 52.1 Å². The zero-order valence-corrected chi connectivity index (χ0v) is 12.9. The van der Waals surface area contributed by atoms with E-state index in [4.69, 9.17) is 14.2 Å². The second-order valence-electron chi connectivity index (χ2n) is 4.53. The van der Waals surface area contributed by atoms with Gasteiger partial charge < -0.3 is 14.2 Å². The van der Waals surface area contributed by atoms with Crippen molar-refractivity contribution >= 4 is 0 Å². The van der Waals surface area contributed by atoms with E-state index in [0.29, 0.717) is 34.3 Å². The molecule has 1 aromatic carbocycles. The van der Waals surface area contributed by atoms with Crippen LogP contribution in [0.5, 0.6) is 17.2 Å². The van der Waals surface area contributed by atoms with Crippen LogP contribution in [0.1, 0.15) is 0 Å². The summed E-state index contributed by atoms with van der Waals surface area (Å²) in [6.07, 6.45) is 4.82. The van der Waals surface area contributed by atoms with Crippen LogP contribution in [0.25, 0.3) is 22.6 Å². The van der Waals surface area contributed by atoms with E-state index >= 15 is 0 Å². The van der Waals surface area contributed by atoms with Gasteiger partial charge in [0.15, 0.2) is 11.5 Å². The third-order valence-corrected chi connectivity index (χ3v) is 3.29. The van der Waals surface area contributed by atoms with Crippen LogP contribution in [0.15, 0.2) is 30.7 Å². The Hall–Kier alpha value is -3.16. The van der Waals surface area contributed by atoms with Crippen LogP contribution in [0.2, 0.25) is 0 Å². The molecule has 0 aliphatic rings. The standard InChI is InChI=1S/C15H15N5O3/c1-21-11-6-9(7-12(22-2)15(11)23-3)13-14(19-20-18-13)10-8-16-4-5-17-10/h4-8H,1-3H3,(H,18,19,20). The molecule has 0 radical (unpaired) electrons. The third kappa shape index (κ3) is 2.66. The lowest BCUT2D eigenvalue weighted by atomic mass is 10.1. The number of hydrogen-bond acceptors (Lipinski definition) is 7. The molecule has 3 aromatic rings. The highest BCUT2D eigenvalue weighted by molar-refractivity contribution is 5.78. The van der Waals surface area contributed by atoms with Crippen LogP contribution >= 0.6 is 0 Å². The molecular weight excluding hydrogens is 298 g/mol. The molecule has 3 rings (SSSR count). The summed E-state index contributed by atoms with van der Waals surface area (Å²) in [7, 11) is 4.68. The second-order valence-corrected chi connectivity index (χ2v) is 4.53. The van der Waals surface area contributed by atoms with E-state index in [1.165, 1.54) is 0 Å². The van der Waals surface area contributed by atoms with Gasteiger partial charge >= 0.3 is 0 Å². The van der Waals surface area contributed by atoms with Gasteiger partial charge in [-0.15, -0.1) is 0 Å². The molecule has 23 heavy (non-hydrogen) atoms. The lowest BCUT2D eigenvalue weighted by molar-refractivity contribution is 0.324. The average Bonchev–Trinajstić information content (AvgIpc) is 3.10. The summed E-state index contributed by atoms with van der Waals surface area (Å²) in [6.45, 7) is 0. The zero-order valence-electron chi connectivity index (χ0n) is 12.9. The molecule has 0 unspecified atom stereocenters. The third-order valence-electron chi connectivity index (χ3n) is 3.29. The van der Waals surface area contributed by atoms with Crippen molar-refractivity contribution in [3.63, 3.8) is 0 Å². The number of hydrogen-bond donors (Lipinski definition) is 1. The van der Waals surface area contributed by atoms with Crippen LogP contribution in [0.4, 0.5) is 0 Å². The van der Waals surface area contributed by atoms with Crippen LogP contribution < -0.4 is 14.2 Å². The maximum absolute atomic E-state index is 5.37. The Morgan fingerprint density at radius 1 is 0.870 bits per heavy atom.